The van der Waals surface area contributed by atoms with E-state index in [1.807, 2.05) is 0 Å². The summed E-state index contributed by atoms with van der Waals surface area (Å²) in [5.41, 5.74) is 0.202. The lowest BCUT2D eigenvalue weighted by molar-refractivity contribution is 0.0687. The van der Waals surface area contributed by atoms with E-state index in [1.54, 1.807) is 0 Å². The number of aromatic nitrogens is 2. The fourth-order valence-corrected chi connectivity index (χ4v) is 2.13. The number of hydrogen-bond acceptors (Lipinski definition) is 2. The molecular formula is C16H9F3N2O2. The van der Waals surface area contributed by atoms with Crippen molar-refractivity contribution in [2.24, 2.45) is 0 Å². The lowest BCUT2D eigenvalue weighted by atomic mass is 10.1. The summed E-state index contributed by atoms with van der Waals surface area (Å²) in [4.78, 5) is 11.4. The van der Waals surface area contributed by atoms with E-state index in [1.165, 1.54) is 30.3 Å². The summed E-state index contributed by atoms with van der Waals surface area (Å²) >= 11 is 0. The van der Waals surface area contributed by atoms with Gasteiger partial charge in [0, 0.05) is 11.6 Å². The second-order valence-corrected chi connectivity index (χ2v) is 4.73. The zero-order valence-electron chi connectivity index (χ0n) is 11.5. The minimum Gasteiger partial charge on any atom is -0.477 e. The zero-order valence-corrected chi connectivity index (χ0v) is 11.5. The molecule has 0 aliphatic heterocycles. The first-order chi connectivity index (χ1) is 11.0. The van der Waals surface area contributed by atoms with E-state index in [4.69, 9.17) is 0 Å². The average molecular weight is 318 g/mol. The van der Waals surface area contributed by atoms with Gasteiger partial charge in [-0.2, -0.15) is 5.10 Å². The Morgan fingerprint density at radius 2 is 1.61 bits per heavy atom. The van der Waals surface area contributed by atoms with Gasteiger partial charge in [0.05, 0.1) is 5.69 Å². The molecule has 0 aliphatic rings. The van der Waals surface area contributed by atoms with Crippen LogP contribution in [0.15, 0.2) is 48.5 Å². The number of carboxylic acids is 1. The molecule has 0 atom stereocenters. The van der Waals surface area contributed by atoms with Crippen LogP contribution in [-0.2, 0) is 0 Å². The molecule has 0 bridgehead atoms. The number of aromatic carboxylic acids is 1. The molecule has 0 fully saturated rings. The molecule has 0 unspecified atom stereocenters. The number of nitrogens with zero attached hydrogens (tertiary/aromatic N) is 2. The molecule has 4 nitrogen and oxygen atoms in total. The van der Waals surface area contributed by atoms with Crippen LogP contribution in [0, 0.1) is 17.5 Å². The lowest BCUT2D eigenvalue weighted by Crippen LogP contribution is -2.09. The van der Waals surface area contributed by atoms with E-state index in [9.17, 15) is 23.1 Å². The van der Waals surface area contributed by atoms with Crippen molar-refractivity contribution in [2.75, 3.05) is 0 Å². The summed E-state index contributed by atoms with van der Waals surface area (Å²) in [5, 5.41) is 13.3. The summed E-state index contributed by atoms with van der Waals surface area (Å²) in [7, 11) is 0. The summed E-state index contributed by atoms with van der Waals surface area (Å²) in [5.74, 6) is -3.50. The second-order valence-electron chi connectivity index (χ2n) is 4.73. The third-order valence-corrected chi connectivity index (χ3v) is 3.21. The van der Waals surface area contributed by atoms with Gasteiger partial charge in [-0.3, -0.25) is 0 Å². The molecule has 0 spiro atoms. The molecule has 7 heteroatoms. The maximum atomic E-state index is 13.9. The maximum Gasteiger partial charge on any atom is 0.354 e. The summed E-state index contributed by atoms with van der Waals surface area (Å²) < 4.78 is 40.7. The molecule has 23 heavy (non-hydrogen) atoms. The van der Waals surface area contributed by atoms with Gasteiger partial charge in [-0.1, -0.05) is 0 Å². The Morgan fingerprint density at radius 3 is 2.22 bits per heavy atom. The largest absolute Gasteiger partial charge is 0.477 e. The van der Waals surface area contributed by atoms with Gasteiger partial charge < -0.3 is 5.11 Å². The van der Waals surface area contributed by atoms with Crippen molar-refractivity contribution in [3.63, 3.8) is 0 Å². The third kappa shape index (κ3) is 2.80. The first-order valence-corrected chi connectivity index (χ1v) is 6.50. The highest BCUT2D eigenvalue weighted by molar-refractivity contribution is 5.88. The SMILES string of the molecule is O=C(O)c1cc(-c2ccc(F)cc2)nn1-c1ccc(F)cc1F. The highest BCUT2D eigenvalue weighted by atomic mass is 19.1. The van der Waals surface area contributed by atoms with Gasteiger partial charge in [-0.15, -0.1) is 0 Å². The fourth-order valence-electron chi connectivity index (χ4n) is 2.13. The number of benzene rings is 2. The molecule has 1 aromatic heterocycles. The Morgan fingerprint density at radius 1 is 0.957 bits per heavy atom. The minimum atomic E-state index is -1.32. The van der Waals surface area contributed by atoms with Crippen molar-refractivity contribution in [1.29, 1.82) is 0 Å². The van der Waals surface area contributed by atoms with Gasteiger partial charge in [0.2, 0.25) is 0 Å². The summed E-state index contributed by atoms with van der Waals surface area (Å²) in [6.45, 7) is 0. The Bertz CT molecular complexity index is 889. The lowest BCUT2D eigenvalue weighted by Gasteiger charge is -2.05. The van der Waals surface area contributed by atoms with Gasteiger partial charge in [0.15, 0.2) is 11.5 Å². The monoisotopic (exact) mass is 318 g/mol. The van der Waals surface area contributed by atoms with Crippen molar-refractivity contribution < 1.29 is 23.1 Å². The van der Waals surface area contributed by atoms with Crippen LogP contribution in [0.25, 0.3) is 16.9 Å². The number of hydrogen-bond donors (Lipinski definition) is 1. The molecule has 3 aromatic rings. The smallest absolute Gasteiger partial charge is 0.354 e. The molecule has 2 aromatic carbocycles. The maximum absolute atomic E-state index is 13.9. The molecule has 0 radical (unpaired) electrons. The van der Waals surface area contributed by atoms with Crippen LogP contribution in [0.5, 0.6) is 0 Å². The first kappa shape index (κ1) is 14.8. The van der Waals surface area contributed by atoms with Crippen molar-refractivity contribution >= 4 is 5.97 Å². The predicted molar refractivity (Wildman–Crippen MR) is 75.8 cm³/mol. The topological polar surface area (TPSA) is 55.1 Å². The summed E-state index contributed by atoms with van der Waals surface area (Å²) in [6, 6.07) is 9.23. The number of carbonyl (C=O) groups is 1. The van der Waals surface area contributed by atoms with E-state index in [0.29, 0.717) is 11.6 Å². The predicted octanol–water partition coefficient (Wildman–Crippen LogP) is 3.65. The zero-order chi connectivity index (χ0) is 16.6. The minimum absolute atomic E-state index is 0.197. The average Bonchev–Trinajstić information content (AvgIpc) is 2.93. The molecule has 1 N–H and O–H groups in total. The van der Waals surface area contributed by atoms with Crippen LogP contribution >= 0.6 is 0 Å². The molecule has 0 saturated carbocycles. The third-order valence-electron chi connectivity index (χ3n) is 3.21. The van der Waals surface area contributed by atoms with Crippen LogP contribution in [-0.4, -0.2) is 20.9 Å². The van der Waals surface area contributed by atoms with Gasteiger partial charge in [-0.25, -0.2) is 22.6 Å². The van der Waals surface area contributed by atoms with Crippen molar-refractivity contribution in [2.45, 2.75) is 0 Å². The van der Waals surface area contributed by atoms with Gasteiger partial charge in [0.25, 0.3) is 0 Å². The van der Waals surface area contributed by atoms with E-state index in [2.05, 4.69) is 5.10 Å². The van der Waals surface area contributed by atoms with Crippen molar-refractivity contribution in [3.05, 3.63) is 71.7 Å². The Kier molecular flexibility index (Phi) is 3.61. The molecule has 1 heterocycles. The quantitative estimate of drug-likeness (QED) is 0.802. The van der Waals surface area contributed by atoms with Crippen LogP contribution in [0.2, 0.25) is 0 Å². The first-order valence-electron chi connectivity index (χ1n) is 6.50. The highest BCUT2D eigenvalue weighted by Gasteiger charge is 2.19. The van der Waals surface area contributed by atoms with Crippen LogP contribution in [0.3, 0.4) is 0 Å². The number of carboxylic acid groups (broad SMARTS) is 1. The van der Waals surface area contributed by atoms with Gasteiger partial charge in [0.1, 0.15) is 17.3 Å². The Hall–Kier alpha value is -3.09. The molecule has 0 aliphatic carbocycles. The molecule has 0 saturated heterocycles. The second kappa shape index (κ2) is 5.60. The van der Waals surface area contributed by atoms with Crippen LogP contribution in [0.4, 0.5) is 13.2 Å². The Balaban J connectivity index is 2.16. The van der Waals surface area contributed by atoms with E-state index < -0.39 is 23.4 Å². The number of halogens is 3. The molecular weight excluding hydrogens is 309 g/mol. The van der Waals surface area contributed by atoms with Crippen molar-refractivity contribution in [1.82, 2.24) is 9.78 Å². The van der Waals surface area contributed by atoms with Crippen LogP contribution < -0.4 is 0 Å². The molecule has 3 rings (SSSR count). The molecule has 0 amide bonds. The van der Waals surface area contributed by atoms with E-state index in [-0.39, 0.29) is 17.1 Å². The normalized spacial score (nSPS) is 10.7. The van der Waals surface area contributed by atoms with E-state index >= 15 is 0 Å². The number of rotatable bonds is 3. The van der Waals surface area contributed by atoms with Gasteiger partial charge >= 0.3 is 5.97 Å². The van der Waals surface area contributed by atoms with Gasteiger partial charge in [-0.05, 0) is 42.5 Å². The van der Waals surface area contributed by atoms with Crippen LogP contribution in [0.1, 0.15) is 10.5 Å². The van der Waals surface area contributed by atoms with E-state index in [0.717, 1.165) is 16.8 Å². The molecule has 116 valence electrons. The van der Waals surface area contributed by atoms with Crippen molar-refractivity contribution in [3.8, 4) is 16.9 Å². The fraction of sp³-hybridized carbons (Fsp3) is 0. The standard InChI is InChI=1S/C16H9F3N2O2/c17-10-3-1-9(2-4-10)13-8-15(16(22)23)21(20-13)14-6-5-11(18)7-12(14)19/h1-8H,(H,22,23). The summed E-state index contributed by atoms with van der Waals surface area (Å²) in [6.07, 6.45) is 0. The Labute approximate surface area is 128 Å². The highest BCUT2D eigenvalue weighted by Crippen LogP contribution is 2.23.